The molecule has 0 saturated carbocycles. The standard InChI is InChI=1S/C17H17NO3S/c1-12(2)15-11-18-10-4-3-5-16(18)17(15)22(20,21)14-8-6-13(19)7-9-14/h3-12,19H,1-2H3. The average molecular weight is 315 g/mol. The Morgan fingerprint density at radius 1 is 1.05 bits per heavy atom. The summed E-state index contributed by atoms with van der Waals surface area (Å²) in [5, 5.41) is 9.37. The Labute approximate surface area is 129 Å². The van der Waals surface area contributed by atoms with E-state index in [4.69, 9.17) is 0 Å². The Balaban J connectivity index is 2.32. The molecule has 0 fully saturated rings. The number of sulfone groups is 1. The van der Waals surface area contributed by atoms with Crippen LogP contribution in [0.1, 0.15) is 25.3 Å². The maximum absolute atomic E-state index is 13.1. The highest BCUT2D eigenvalue weighted by Gasteiger charge is 2.26. The van der Waals surface area contributed by atoms with Crippen LogP contribution < -0.4 is 0 Å². The van der Waals surface area contributed by atoms with Gasteiger partial charge in [-0.1, -0.05) is 19.9 Å². The third kappa shape index (κ3) is 2.27. The van der Waals surface area contributed by atoms with Crippen LogP contribution in [0.25, 0.3) is 5.52 Å². The fraction of sp³-hybridized carbons (Fsp3) is 0.176. The molecule has 3 aromatic rings. The van der Waals surface area contributed by atoms with Crippen LogP contribution in [0.3, 0.4) is 0 Å². The van der Waals surface area contributed by atoms with Gasteiger partial charge in [0.15, 0.2) is 0 Å². The summed E-state index contributed by atoms with van der Waals surface area (Å²) in [6, 6.07) is 11.1. The van der Waals surface area contributed by atoms with Gasteiger partial charge in [0, 0.05) is 12.4 Å². The fourth-order valence-electron chi connectivity index (χ4n) is 2.56. The lowest BCUT2D eigenvalue weighted by Crippen LogP contribution is -2.05. The molecule has 4 nitrogen and oxygen atoms in total. The highest BCUT2D eigenvalue weighted by molar-refractivity contribution is 7.91. The molecule has 22 heavy (non-hydrogen) atoms. The van der Waals surface area contributed by atoms with E-state index in [1.54, 1.807) is 6.07 Å². The molecule has 3 rings (SSSR count). The van der Waals surface area contributed by atoms with Gasteiger partial charge in [-0.3, -0.25) is 0 Å². The smallest absolute Gasteiger partial charge is 0.209 e. The largest absolute Gasteiger partial charge is 0.508 e. The monoisotopic (exact) mass is 315 g/mol. The lowest BCUT2D eigenvalue weighted by molar-refractivity contribution is 0.475. The Hall–Kier alpha value is -2.27. The van der Waals surface area contributed by atoms with Gasteiger partial charge in [-0.15, -0.1) is 0 Å². The quantitative estimate of drug-likeness (QED) is 0.803. The molecule has 1 N–H and O–H groups in total. The third-order valence-electron chi connectivity index (χ3n) is 3.70. The average Bonchev–Trinajstić information content (AvgIpc) is 2.88. The van der Waals surface area contributed by atoms with Crippen molar-refractivity contribution in [2.75, 3.05) is 0 Å². The minimum absolute atomic E-state index is 0.0461. The van der Waals surface area contributed by atoms with Gasteiger partial charge in [-0.2, -0.15) is 0 Å². The fourth-order valence-corrected chi connectivity index (χ4v) is 4.34. The van der Waals surface area contributed by atoms with E-state index in [0.717, 1.165) is 5.56 Å². The lowest BCUT2D eigenvalue weighted by atomic mass is 10.1. The van der Waals surface area contributed by atoms with Crippen LogP contribution in [-0.2, 0) is 9.84 Å². The van der Waals surface area contributed by atoms with Gasteiger partial charge in [0.1, 0.15) is 10.6 Å². The number of rotatable bonds is 3. The van der Waals surface area contributed by atoms with Gasteiger partial charge in [-0.25, -0.2) is 8.42 Å². The van der Waals surface area contributed by atoms with Crippen LogP contribution in [0.2, 0.25) is 0 Å². The zero-order chi connectivity index (χ0) is 15.9. The molecular formula is C17H17NO3S. The molecule has 0 radical (unpaired) electrons. The zero-order valence-corrected chi connectivity index (χ0v) is 13.2. The SMILES string of the molecule is CC(C)c1cn2ccccc2c1S(=O)(=O)c1ccc(O)cc1. The topological polar surface area (TPSA) is 58.8 Å². The molecule has 0 aliphatic carbocycles. The highest BCUT2D eigenvalue weighted by Crippen LogP contribution is 2.34. The molecule has 2 aromatic heterocycles. The predicted molar refractivity (Wildman–Crippen MR) is 85.0 cm³/mol. The summed E-state index contributed by atoms with van der Waals surface area (Å²) in [5.74, 6) is 0.131. The van der Waals surface area contributed by atoms with Gasteiger partial charge < -0.3 is 9.51 Å². The van der Waals surface area contributed by atoms with Crippen molar-refractivity contribution in [3.63, 3.8) is 0 Å². The Morgan fingerprint density at radius 3 is 2.36 bits per heavy atom. The Morgan fingerprint density at radius 2 is 1.73 bits per heavy atom. The number of aromatic hydroxyl groups is 1. The molecule has 0 spiro atoms. The minimum Gasteiger partial charge on any atom is -0.508 e. The summed E-state index contributed by atoms with van der Waals surface area (Å²) in [6.45, 7) is 3.95. The first-order valence-electron chi connectivity index (χ1n) is 7.05. The number of fused-ring (bicyclic) bond motifs is 1. The summed E-state index contributed by atoms with van der Waals surface area (Å²) in [6.07, 6.45) is 3.71. The first kappa shape index (κ1) is 14.7. The second-order valence-corrected chi connectivity index (χ2v) is 7.45. The lowest BCUT2D eigenvalue weighted by Gasteiger charge is -2.09. The molecule has 0 aliphatic rings. The first-order chi connectivity index (χ1) is 10.4. The highest BCUT2D eigenvalue weighted by atomic mass is 32.2. The van der Waals surface area contributed by atoms with E-state index >= 15 is 0 Å². The van der Waals surface area contributed by atoms with E-state index in [1.165, 1.54) is 24.3 Å². The molecule has 0 amide bonds. The summed E-state index contributed by atoms with van der Waals surface area (Å²) >= 11 is 0. The molecule has 5 heteroatoms. The van der Waals surface area contributed by atoms with Crippen LogP contribution >= 0.6 is 0 Å². The van der Waals surface area contributed by atoms with Crippen molar-refractivity contribution >= 4 is 15.4 Å². The van der Waals surface area contributed by atoms with Crippen LogP contribution in [-0.4, -0.2) is 17.9 Å². The van der Waals surface area contributed by atoms with Crippen LogP contribution in [0.15, 0.2) is 64.6 Å². The maximum Gasteiger partial charge on any atom is 0.209 e. The van der Waals surface area contributed by atoms with Crippen molar-refractivity contribution in [2.45, 2.75) is 29.6 Å². The molecular weight excluding hydrogens is 298 g/mol. The van der Waals surface area contributed by atoms with Gasteiger partial charge in [0.2, 0.25) is 9.84 Å². The molecule has 0 unspecified atom stereocenters. The summed E-state index contributed by atoms with van der Waals surface area (Å²) in [5.41, 5.74) is 1.46. The van der Waals surface area contributed by atoms with Gasteiger partial charge >= 0.3 is 0 Å². The van der Waals surface area contributed by atoms with Crippen molar-refractivity contribution < 1.29 is 13.5 Å². The van der Waals surface area contributed by atoms with Crippen molar-refractivity contribution in [2.24, 2.45) is 0 Å². The van der Waals surface area contributed by atoms with E-state index in [2.05, 4.69) is 0 Å². The molecule has 1 aromatic carbocycles. The minimum atomic E-state index is -3.65. The molecule has 114 valence electrons. The number of hydrogen-bond acceptors (Lipinski definition) is 3. The van der Waals surface area contributed by atoms with E-state index in [0.29, 0.717) is 10.4 Å². The van der Waals surface area contributed by atoms with Gasteiger partial charge in [-0.05, 0) is 47.9 Å². The third-order valence-corrected chi connectivity index (χ3v) is 5.58. The van der Waals surface area contributed by atoms with Crippen molar-refractivity contribution in [3.8, 4) is 5.75 Å². The molecule has 0 bridgehead atoms. The number of benzene rings is 1. The Kier molecular flexibility index (Phi) is 3.45. The van der Waals surface area contributed by atoms with E-state index < -0.39 is 9.84 Å². The van der Waals surface area contributed by atoms with Crippen molar-refractivity contribution in [1.82, 2.24) is 4.40 Å². The van der Waals surface area contributed by atoms with Crippen molar-refractivity contribution in [1.29, 1.82) is 0 Å². The zero-order valence-electron chi connectivity index (χ0n) is 12.4. The number of nitrogens with zero attached hydrogens (tertiary/aromatic N) is 1. The molecule has 0 aliphatic heterocycles. The van der Waals surface area contributed by atoms with Crippen LogP contribution in [0.4, 0.5) is 0 Å². The van der Waals surface area contributed by atoms with E-state index in [-0.39, 0.29) is 16.6 Å². The van der Waals surface area contributed by atoms with Gasteiger partial charge in [0.25, 0.3) is 0 Å². The molecule has 0 saturated heterocycles. The normalized spacial score (nSPS) is 12.1. The molecule has 0 atom stereocenters. The number of hydrogen-bond donors (Lipinski definition) is 1. The van der Waals surface area contributed by atoms with Crippen molar-refractivity contribution in [3.05, 3.63) is 60.4 Å². The summed E-state index contributed by atoms with van der Waals surface area (Å²) in [4.78, 5) is 0.526. The number of aromatic nitrogens is 1. The van der Waals surface area contributed by atoms with Gasteiger partial charge in [0.05, 0.1) is 10.4 Å². The van der Waals surface area contributed by atoms with Crippen LogP contribution in [0.5, 0.6) is 5.75 Å². The molecule has 2 heterocycles. The number of phenolic OH excluding ortho intramolecular Hbond substituents is 1. The number of pyridine rings is 1. The first-order valence-corrected chi connectivity index (χ1v) is 8.53. The second kappa shape index (κ2) is 5.18. The van der Waals surface area contributed by atoms with E-state index in [9.17, 15) is 13.5 Å². The summed E-state index contributed by atoms with van der Waals surface area (Å²) in [7, 11) is -3.65. The summed E-state index contributed by atoms with van der Waals surface area (Å²) < 4.78 is 27.9. The second-order valence-electron chi connectivity index (χ2n) is 5.56. The Bertz CT molecular complexity index is 922. The van der Waals surface area contributed by atoms with E-state index in [1.807, 2.05) is 42.8 Å². The maximum atomic E-state index is 13.1. The predicted octanol–water partition coefficient (Wildman–Crippen LogP) is 3.60. The van der Waals surface area contributed by atoms with Crippen LogP contribution in [0, 0.1) is 0 Å². The number of phenols is 1.